The highest BCUT2D eigenvalue weighted by atomic mass is 16.5. The Balaban J connectivity index is 1.44. The van der Waals surface area contributed by atoms with E-state index in [0.29, 0.717) is 18.7 Å². The molecule has 0 spiro atoms. The quantitative estimate of drug-likeness (QED) is 0.353. The van der Waals surface area contributed by atoms with E-state index < -0.39 is 5.91 Å². The third-order valence-electron chi connectivity index (χ3n) is 7.11. The van der Waals surface area contributed by atoms with Crippen LogP contribution in [0.4, 0.5) is 5.69 Å². The lowest BCUT2D eigenvalue weighted by atomic mass is 10.1. The maximum absolute atomic E-state index is 12.3. The van der Waals surface area contributed by atoms with Crippen LogP contribution >= 0.6 is 0 Å². The van der Waals surface area contributed by atoms with Gasteiger partial charge in [0.1, 0.15) is 17.2 Å². The Morgan fingerprint density at radius 3 is 2.64 bits per heavy atom. The predicted octanol–water partition coefficient (Wildman–Crippen LogP) is 3.83. The second-order valence-corrected chi connectivity index (χ2v) is 10.0. The number of aromatic nitrogens is 3. The molecule has 0 radical (unpaired) electrons. The van der Waals surface area contributed by atoms with Gasteiger partial charge >= 0.3 is 0 Å². The smallest absolute Gasteiger partial charge is 0.255 e. The fourth-order valence-electron chi connectivity index (χ4n) is 5.35. The molecule has 0 bridgehead atoms. The summed E-state index contributed by atoms with van der Waals surface area (Å²) < 4.78 is 7.81. The molecule has 1 saturated heterocycles. The molecule has 1 amide bonds. The summed E-state index contributed by atoms with van der Waals surface area (Å²) in [6, 6.07) is 17.8. The van der Waals surface area contributed by atoms with Crippen molar-refractivity contribution in [3.8, 4) is 11.4 Å². The minimum absolute atomic E-state index is 0.120. The number of amides is 1. The van der Waals surface area contributed by atoms with Crippen LogP contribution in [0.3, 0.4) is 0 Å². The van der Waals surface area contributed by atoms with Gasteiger partial charge in [0.2, 0.25) is 0 Å². The minimum atomic E-state index is -0.523. The van der Waals surface area contributed by atoms with E-state index in [1.807, 2.05) is 72.4 Å². The van der Waals surface area contributed by atoms with Crippen LogP contribution in [0.25, 0.3) is 16.6 Å². The predicted molar refractivity (Wildman–Crippen MR) is 151 cm³/mol. The van der Waals surface area contributed by atoms with Gasteiger partial charge in [0.15, 0.2) is 6.61 Å². The zero-order valence-corrected chi connectivity index (χ0v) is 22.4. The van der Waals surface area contributed by atoms with E-state index in [9.17, 15) is 9.59 Å². The molecular weight excluding hydrogens is 492 g/mol. The summed E-state index contributed by atoms with van der Waals surface area (Å²) in [4.78, 5) is 33.2. The van der Waals surface area contributed by atoms with Gasteiger partial charge in [-0.2, -0.15) is 5.10 Å². The molecule has 39 heavy (non-hydrogen) atoms. The van der Waals surface area contributed by atoms with Gasteiger partial charge in [-0.25, -0.2) is 4.68 Å². The van der Waals surface area contributed by atoms with Crippen molar-refractivity contribution in [2.24, 2.45) is 5.73 Å². The Bertz CT molecular complexity index is 1470. The highest BCUT2D eigenvalue weighted by Crippen LogP contribution is 2.39. The average Bonchev–Trinajstić information content (AvgIpc) is 3.29. The first kappa shape index (κ1) is 26.4. The molecule has 3 heterocycles. The molecule has 0 saturated carbocycles. The summed E-state index contributed by atoms with van der Waals surface area (Å²) in [5.41, 5.74) is 9.91. The van der Waals surface area contributed by atoms with Crippen LogP contribution < -0.4 is 15.4 Å². The number of carbonyl (C=O) groups excluding carboxylic acids is 2. The highest BCUT2D eigenvalue weighted by molar-refractivity contribution is 5.95. The Morgan fingerprint density at radius 2 is 1.87 bits per heavy atom. The molecule has 0 aliphatic carbocycles. The number of benzene rings is 2. The minimum Gasteiger partial charge on any atom is -0.481 e. The Hall–Kier alpha value is -4.24. The summed E-state index contributed by atoms with van der Waals surface area (Å²) in [7, 11) is 0. The number of aryl methyl sites for hydroxylation is 1. The van der Waals surface area contributed by atoms with Gasteiger partial charge in [-0.1, -0.05) is 24.3 Å². The number of hydrogen-bond acceptors (Lipinski definition) is 7. The van der Waals surface area contributed by atoms with Crippen molar-refractivity contribution in [1.29, 1.82) is 0 Å². The first-order chi connectivity index (χ1) is 18.9. The van der Waals surface area contributed by atoms with E-state index >= 15 is 0 Å². The molecule has 9 nitrogen and oxygen atoms in total. The molecule has 1 atom stereocenters. The molecular formula is C30H34N6O3. The summed E-state index contributed by atoms with van der Waals surface area (Å²) in [5, 5.41) is 5.87. The maximum Gasteiger partial charge on any atom is 0.255 e. The lowest BCUT2D eigenvalue weighted by Gasteiger charge is -2.30. The van der Waals surface area contributed by atoms with E-state index in [-0.39, 0.29) is 18.4 Å². The van der Waals surface area contributed by atoms with Crippen LogP contribution in [0.5, 0.6) is 5.75 Å². The number of ketones is 1. The zero-order valence-electron chi connectivity index (χ0n) is 22.4. The van der Waals surface area contributed by atoms with Gasteiger partial charge in [-0.15, -0.1) is 0 Å². The van der Waals surface area contributed by atoms with Crippen LogP contribution in [-0.4, -0.2) is 64.1 Å². The largest absolute Gasteiger partial charge is 0.481 e. The molecule has 1 aliphatic rings. The number of carbonyl (C=O) groups is 2. The number of nitrogens with two attached hydrogens (primary N) is 1. The van der Waals surface area contributed by atoms with Crippen LogP contribution in [0, 0.1) is 6.92 Å². The molecule has 9 heteroatoms. The number of hydrogen-bond donors (Lipinski definition) is 1. The first-order valence-electron chi connectivity index (χ1n) is 13.3. The number of rotatable bonds is 9. The molecule has 2 aromatic carbocycles. The molecule has 1 unspecified atom stereocenters. The molecule has 1 fully saturated rings. The Morgan fingerprint density at radius 1 is 1.05 bits per heavy atom. The number of Topliss-reactive ketones (excluding diaryl/α,β-unsaturated/α-hetero) is 1. The second kappa shape index (κ2) is 11.7. The van der Waals surface area contributed by atoms with Gasteiger partial charge in [-0.05, 0) is 56.2 Å². The van der Waals surface area contributed by atoms with E-state index in [4.69, 9.17) is 15.6 Å². The van der Waals surface area contributed by atoms with Crippen LogP contribution in [-0.2, 0) is 9.59 Å². The van der Waals surface area contributed by atoms with Crippen molar-refractivity contribution in [1.82, 2.24) is 19.7 Å². The first-order valence-corrected chi connectivity index (χ1v) is 13.3. The number of anilines is 1. The van der Waals surface area contributed by atoms with Crippen molar-refractivity contribution in [3.63, 3.8) is 0 Å². The van der Waals surface area contributed by atoms with Crippen molar-refractivity contribution in [2.75, 3.05) is 37.7 Å². The lowest BCUT2D eigenvalue weighted by Crippen LogP contribution is -2.35. The maximum atomic E-state index is 12.3. The topological polar surface area (TPSA) is 107 Å². The summed E-state index contributed by atoms with van der Waals surface area (Å²) >= 11 is 0. The van der Waals surface area contributed by atoms with Gasteiger partial charge in [-0.3, -0.25) is 19.5 Å². The molecule has 1 aliphatic heterocycles. The Kier molecular flexibility index (Phi) is 7.88. The monoisotopic (exact) mass is 526 g/mol. The molecule has 5 rings (SSSR count). The number of pyridine rings is 1. The van der Waals surface area contributed by atoms with Gasteiger partial charge in [0.25, 0.3) is 5.91 Å². The van der Waals surface area contributed by atoms with E-state index in [1.165, 1.54) is 0 Å². The number of nitrogens with zero attached hydrogens (tertiary/aromatic N) is 5. The fraction of sp³-hybridized carbons (Fsp3) is 0.333. The van der Waals surface area contributed by atoms with Crippen molar-refractivity contribution >= 4 is 28.3 Å². The zero-order chi connectivity index (χ0) is 27.4. The Labute approximate surface area is 228 Å². The van der Waals surface area contributed by atoms with Crippen molar-refractivity contribution in [3.05, 3.63) is 78.2 Å². The number of fused-ring (bicyclic) bond motifs is 1. The number of primary amides is 1. The molecule has 4 aromatic rings. The fourth-order valence-corrected chi connectivity index (χ4v) is 5.35. The molecule has 202 valence electrons. The van der Waals surface area contributed by atoms with Gasteiger partial charge in [0.05, 0.1) is 22.9 Å². The molecule has 2 N–H and O–H groups in total. The third-order valence-corrected chi connectivity index (χ3v) is 7.11. The van der Waals surface area contributed by atoms with Crippen LogP contribution in [0.15, 0.2) is 67.0 Å². The number of para-hydroxylation sites is 1. The van der Waals surface area contributed by atoms with Gasteiger partial charge in [0, 0.05) is 50.4 Å². The summed E-state index contributed by atoms with van der Waals surface area (Å²) in [6.07, 6.45) is 5.00. The van der Waals surface area contributed by atoms with E-state index in [2.05, 4.69) is 14.8 Å². The van der Waals surface area contributed by atoms with E-state index in [0.717, 1.165) is 59.6 Å². The second-order valence-electron chi connectivity index (χ2n) is 10.0. The molecule has 2 aromatic heterocycles. The van der Waals surface area contributed by atoms with Crippen molar-refractivity contribution < 1.29 is 14.3 Å². The highest BCUT2D eigenvalue weighted by Gasteiger charge is 2.29. The van der Waals surface area contributed by atoms with Crippen molar-refractivity contribution in [2.45, 2.75) is 32.7 Å². The third kappa shape index (κ3) is 5.93. The van der Waals surface area contributed by atoms with E-state index in [1.54, 1.807) is 13.1 Å². The normalized spacial score (nSPS) is 15.2. The van der Waals surface area contributed by atoms with Crippen LogP contribution in [0.2, 0.25) is 0 Å². The summed E-state index contributed by atoms with van der Waals surface area (Å²) in [6.45, 7) is 6.45. The summed E-state index contributed by atoms with van der Waals surface area (Å²) in [5.74, 6) is 0.243. The number of ether oxygens (including phenoxy) is 1. The SMILES string of the molecule is CC(=O)CC(c1ccn(-c2ccccc2)n1)N1CCCN(c2c(OCC(N)=O)c(C)cc3cccnc23)CC1. The average molecular weight is 527 g/mol. The van der Waals surface area contributed by atoms with Crippen LogP contribution in [0.1, 0.15) is 37.1 Å². The van der Waals surface area contributed by atoms with Gasteiger partial charge < -0.3 is 15.4 Å². The standard InChI is InChI=1S/C30H34N6O3/c1-21-18-23-8-6-12-32-28(23)29(30(21)39-20-27(31)38)35-14-7-13-34(16-17-35)26(19-22(2)37)25-11-15-36(33-25)24-9-4-3-5-10-24/h3-6,8-12,15,18,26H,7,13-14,16-17,19-20H2,1-2H3,(H2,31,38). The lowest BCUT2D eigenvalue weighted by molar-refractivity contribution is -0.120.